The summed E-state index contributed by atoms with van der Waals surface area (Å²) in [4.78, 5) is 38.5. The number of rotatable bonds is 10. The van der Waals surface area contributed by atoms with Gasteiger partial charge in [0, 0.05) is 5.56 Å². The second-order valence-corrected chi connectivity index (χ2v) is 10.7. The third-order valence-electron chi connectivity index (χ3n) is 5.31. The van der Waals surface area contributed by atoms with Crippen molar-refractivity contribution in [2.24, 2.45) is 5.92 Å². The van der Waals surface area contributed by atoms with E-state index < -0.39 is 33.3 Å². The van der Waals surface area contributed by atoms with Crippen molar-refractivity contribution in [3.63, 3.8) is 0 Å². The molecule has 1 unspecified atom stereocenters. The maximum absolute atomic E-state index is 13.1. The predicted molar refractivity (Wildman–Crippen MR) is 127 cm³/mol. The molecule has 0 aliphatic heterocycles. The Labute approximate surface area is 194 Å². The quantitative estimate of drug-likeness (QED) is 0.445. The highest BCUT2D eigenvalue weighted by molar-refractivity contribution is 7.89. The lowest BCUT2D eigenvalue weighted by atomic mass is 9.95. The summed E-state index contributed by atoms with van der Waals surface area (Å²) in [5.74, 6) is -1.12. The van der Waals surface area contributed by atoms with Crippen LogP contribution in [0.25, 0.3) is 11.1 Å². The Balaban J connectivity index is 1.79. The molecule has 0 fully saturated rings. The van der Waals surface area contributed by atoms with Crippen LogP contribution in [0.2, 0.25) is 0 Å². The van der Waals surface area contributed by atoms with E-state index in [1.807, 2.05) is 19.9 Å². The van der Waals surface area contributed by atoms with E-state index in [1.165, 1.54) is 26.0 Å². The summed E-state index contributed by atoms with van der Waals surface area (Å²) in [6.45, 7) is 6.75. The molecular weight excluding hydrogens is 440 g/mol. The van der Waals surface area contributed by atoms with Crippen molar-refractivity contribution >= 4 is 21.7 Å². The monoisotopic (exact) mass is 468 g/mol. The number of benzene rings is 2. The van der Waals surface area contributed by atoms with Crippen LogP contribution < -0.4 is 15.5 Å². The smallest absolute Gasteiger partial charge is 0.241 e. The van der Waals surface area contributed by atoms with Crippen molar-refractivity contribution < 1.29 is 18.0 Å². The number of nitrogens with one attached hydrogen (secondary N) is 2. The number of Topliss-reactive ketones (excluding diaryl/α,β-unsaturated/α-hetero) is 1. The van der Waals surface area contributed by atoms with Crippen LogP contribution in [0.3, 0.4) is 0 Å². The summed E-state index contributed by atoms with van der Waals surface area (Å²) in [5, 5.41) is 2.65. The molecule has 0 aliphatic rings. The maximum atomic E-state index is 13.1. The highest BCUT2D eigenvalue weighted by Crippen LogP contribution is 2.28. The Morgan fingerprint density at radius 1 is 0.939 bits per heavy atom. The third-order valence-corrected chi connectivity index (χ3v) is 6.80. The highest BCUT2D eigenvalue weighted by atomic mass is 32.2. The summed E-state index contributed by atoms with van der Waals surface area (Å²) in [6.07, 6.45) is 0.235. The lowest BCUT2D eigenvalue weighted by Gasteiger charge is -2.27. The van der Waals surface area contributed by atoms with Crippen LogP contribution in [0.5, 0.6) is 0 Å². The zero-order valence-corrected chi connectivity index (χ0v) is 19.9. The highest BCUT2D eigenvalue weighted by Gasteiger charge is 2.41. The van der Waals surface area contributed by atoms with Gasteiger partial charge in [-0.05, 0) is 43.9 Å². The first-order valence-electron chi connectivity index (χ1n) is 10.7. The molecule has 3 aromatic rings. The van der Waals surface area contributed by atoms with Gasteiger partial charge in [0.05, 0.1) is 16.0 Å². The second-order valence-electron chi connectivity index (χ2n) is 9.00. The summed E-state index contributed by atoms with van der Waals surface area (Å²) < 4.78 is 28.0. The van der Waals surface area contributed by atoms with Gasteiger partial charge >= 0.3 is 0 Å². The summed E-state index contributed by atoms with van der Waals surface area (Å²) in [6, 6.07) is 15.5. The molecule has 174 valence electrons. The normalized spacial score (nSPS) is 13.2. The molecule has 1 atom stereocenters. The van der Waals surface area contributed by atoms with Gasteiger partial charge in [-0.1, -0.05) is 62.4 Å². The van der Waals surface area contributed by atoms with E-state index in [-0.39, 0.29) is 28.2 Å². The van der Waals surface area contributed by atoms with E-state index in [4.69, 9.17) is 0 Å². The Morgan fingerprint density at radius 2 is 1.48 bits per heavy atom. The van der Waals surface area contributed by atoms with Crippen molar-refractivity contribution in [2.45, 2.75) is 50.6 Å². The van der Waals surface area contributed by atoms with Crippen LogP contribution in [0, 0.1) is 5.92 Å². The first kappa shape index (κ1) is 24.5. The molecule has 7 nitrogen and oxygen atoms in total. The van der Waals surface area contributed by atoms with Crippen LogP contribution in [-0.2, 0) is 14.8 Å². The Hall–Kier alpha value is -3.10. The molecule has 33 heavy (non-hydrogen) atoms. The van der Waals surface area contributed by atoms with Gasteiger partial charge < -0.3 is 5.32 Å². The number of hydrogen-bond donors (Lipinski definition) is 2. The molecule has 0 radical (unpaired) electrons. The van der Waals surface area contributed by atoms with E-state index in [1.54, 1.807) is 42.5 Å². The molecule has 0 heterocycles. The van der Waals surface area contributed by atoms with Gasteiger partial charge in [-0.3, -0.25) is 14.4 Å². The number of ketones is 1. The molecule has 0 saturated carbocycles. The van der Waals surface area contributed by atoms with Crippen molar-refractivity contribution in [2.75, 3.05) is 0 Å². The van der Waals surface area contributed by atoms with Gasteiger partial charge in [0.1, 0.15) is 6.04 Å². The fraction of sp³-hybridized carbons (Fsp3) is 0.320. The average molecular weight is 469 g/mol. The molecule has 0 aliphatic carbocycles. The van der Waals surface area contributed by atoms with Gasteiger partial charge in [0.25, 0.3) is 0 Å². The van der Waals surface area contributed by atoms with Crippen LogP contribution in [-0.4, -0.2) is 31.7 Å². The Kier molecular flexibility index (Phi) is 7.00. The predicted octanol–water partition coefficient (Wildman–Crippen LogP) is 3.06. The van der Waals surface area contributed by atoms with E-state index in [9.17, 15) is 22.8 Å². The molecule has 1 amide bonds. The van der Waals surface area contributed by atoms with E-state index in [2.05, 4.69) is 10.0 Å². The summed E-state index contributed by atoms with van der Waals surface area (Å²) >= 11 is 0. The average Bonchev–Trinajstić information content (AvgIpc) is 3.43. The van der Waals surface area contributed by atoms with Gasteiger partial charge in [0.2, 0.25) is 15.9 Å². The van der Waals surface area contributed by atoms with E-state index in [0.717, 1.165) is 0 Å². The number of amides is 1. The SMILES string of the molecule is CC(C)CC(NS(=O)(=O)c1ccccc1)C(=O)NC(C)(C)C(=O)c1c(-c2ccccc2)c1=O. The van der Waals surface area contributed by atoms with Crippen LogP contribution in [0.4, 0.5) is 0 Å². The van der Waals surface area contributed by atoms with Crippen LogP contribution >= 0.6 is 0 Å². The number of hydrogen-bond acceptors (Lipinski definition) is 5. The summed E-state index contributed by atoms with van der Waals surface area (Å²) in [5.41, 5.74) is -0.659. The summed E-state index contributed by atoms with van der Waals surface area (Å²) in [7, 11) is -3.94. The van der Waals surface area contributed by atoms with Crippen LogP contribution in [0.1, 0.15) is 44.5 Å². The van der Waals surface area contributed by atoms with Gasteiger partial charge in [-0.2, -0.15) is 4.72 Å². The molecule has 3 rings (SSSR count). The number of sulfonamides is 1. The molecular formula is C25H28N2O5S. The van der Waals surface area contributed by atoms with Crippen molar-refractivity contribution in [1.82, 2.24) is 10.0 Å². The lowest BCUT2D eigenvalue weighted by Crippen LogP contribution is -2.56. The van der Waals surface area contributed by atoms with Crippen molar-refractivity contribution in [3.8, 4) is 11.1 Å². The fourth-order valence-electron chi connectivity index (χ4n) is 3.57. The van der Waals surface area contributed by atoms with Crippen LogP contribution in [0.15, 0.2) is 70.4 Å². The topological polar surface area (TPSA) is 109 Å². The van der Waals surface area contributed by atoms with Crippen molar-refractivity contribution in [1.29, 1.82) is 0 Å². The minimum atomic E-state index is -3.94. The third kappa shape index (κ3) is 5.64. The molecule has 2 N–H and O–H groups in total. The largest absolute Gasteiger partial charge is 0.342 e. The molecule has 3 aromatic carbocycles. The fourth-order valence-corrected chi connectivity index (χ4v) is 4.80. The van der Waals surface area contributed by atoms with Gasteiger partial charge in [0.15, 0.2) is 11.2 Å². The minimum absolute atomic E-state index is 0.00967. The van der Waals surface area contributed by atoms with E-state index in [0.29, 0.717) is 11.1 Å². The molecule has 0 spiro atoms. The Morgan fingerprint density at radius 3 is 2.03 bits per heavy atom. The molecule has 8 heteroatoms. The minimum Gasteiger partial charge on any atom is -0.342 e. The first-order valence-corrected chi connectivity index (χ1v) is 12.2. The Bertz CT molecular complexity index is 1260. The number of carbonyl (C=O) groups is 2. The zero-order valence-electron chi connectivity index (χ0n) is 19.1. The molecule has 0 aromatic heterocycles. The standard InChI is InChI=1S/C25H28N2O5S/c1-16(2)15-19(27-33(31,32)18-13-9-6-10-14-18)24(30)26-25(3,4)23(29)21-20(22(21)28)17-11-7-5-8-12-17/h5-14,16,19,27H,15H2,1-4H3,(H,26,30). The first-order chi connectivity index (χ1) is 15.4. The van der Waals surface area contributed by atoms with Crippen molar-refractivity contribution in [3.05, 3.63) is 76.5 Å². The van der Waals surface area contributed by atoms with E-state index >= 15 is 0 Å². The zero-order chi connectivity index (χ0) is 24.4. The maximum Gasteiger partial charge on any atom is 0.241 e. The second kappa shape index (κ2) is 9.41. The molecule has 0 saturated heterocycles. The lowest BCUT2D eigenvalue weighted by molar-refractivity contribution is -0.124. The molecule has 0 bridgehead atoms. The van der Waals surface area contributed by atoms with Gasteiger partial charge in [-0.25, -0.2) is 8.42 Å². The van der Waals surface area contributed by atoms with Gasteiger partial charge in [-0.15, -0.1) is 0 Å². The number of carbonyl (C=O) groups excluding carboxylic acids is 2.